The number of hydrogen-bond donors (Lipinski definition) is 2. The van der Waals surface area contributed by atoms with E-state index >= 15 is 0 Å². The number of nitrogens with zero attached hydrogens (tertiary/aromatic N) is 1. The molecule has 2 atom stereocenters. The van der Waals surface area contributed by atoms with E-state index in [2.05, 4.69) is 4.72 Å². The van der Waals surface area contributed by atoms with Crippen molar-refractivity contribution in [3.8, 4) is 6.07 Å². The zero-order valence-electron chi connectivity index (χ0n) is 11.2. The highest BCUT2D eigenvalue weighted by Gasteiger charge is 2.29. The first-order valence-corrected chi connectivity index (χ1v) is 7.55. The molecular weight excluding hydrogens is 280 g/mol. The minimum Gasteiger partial charge on any atom is -0.480 e. The van der Waals surface area contributed by atoms with Crippen LogP contribution in [0.2, 0.25) is 0 Å². The molecule has 0 amide bonds. The second kappa shape index (κ2) is 6.50. The van der Waals surface area contributed by atoms with E-state index in [-0.39, 0.29) is 16.4 Å². The predicted molar refractivity (Wildman–Crippen MR) is 72.4 cm³/mol. The number of rotatable bonds is 6. The number of aliphatic carboxylic acids is 1. The first-order chi connectivity index (χ1) is 9.31. The molecule has 0 unspecified atom stereocenters. The van der Waals surface area contributed by atoms with E-state index in [0.717, 1.165) is 0 Å². The van der Waals surface area contributed by atoms with E-state index in [1.54, 1.807) is 13.8 Å². The highest BCUT2D eigenvalue weighted by molar-refractivity contribution is 7.89. The van der Waals surface area contributed by atoms with Gasteiger partial charge in [-0.25, -0.2) is 8.42 Å². The number of carboxylic acids is 1. The summed E-state index contributed by atoms with van der Waals surface area (Å²) >= 11 is 0. The number of carbonyl (C=O) groups is 1. The zero-order valence-corrected chi connectivity index (χ0v) is 12.0. The van der Waals surface area contributed by atoms with Gasteiger partial charge in [0.1, 0.15) is 6.04 Å². The van der Waals surface area contributed by atoms with Gasteiger partial charge < -0.3 is 5.11 Å². The largest absolute Gasteiger partial charge is 0.480 e. The van der Waals surface area contributed by atoms with Crippen LogP contribution in [0.15, 0.2) is 29.2 Å². The number of nitrogens with one attached hydrogen (secondary N) is 1. The summed E-state index contributed by atoms with van der Waals surface area (Å²) < 4.78 is 26.5. The third-order valence-corrected chi connectivity index (χ3v) is 4.47. The Balaban J connectivity index is 3.10. The second-order valence-corrected chi connectivity index (χ2v) is 6.18. The molecule has 0 aliphatic rings. The van der Waals surface area contributed by atoms with Gasteiger partial charge in [0.2, 0.25) is 10.0 Å². The molecule has 1 aromatic carbocycles. The smallest absolute Gasteiger partial charge is 0.322 e. The number of nitriles is 1. The number of sulfonamides is 1. The molecular formula is C13H16N2O4S. The fourth-order valence-corrected chi connectivity index (χ4v) is 2.96. The Morgan fingerprint density at radius 3 is 2.65 bits per heavy atom. The average Bonchev–Trinajstić information content (AvgIpc) is 2.43. The van der Waals surface area contributed by atoms with Crippen LogP contribution in [0.3, 0.4) is 0 Å². The highest BCUT2D eigenvalue weighted by Crippen LogP contribution is 2.15. The molecule has 0 saturated carbocycles. The van der Waals surface area contributed by atoms with Gasteiger partial charge >= 0.3 is 5.97 Å². The van der Waals surface area contributed by atoms with Gasteiger partial charge in [-0.2, -0.15) is 9.98 Å². The average molecular weight is 296 g/mol. The summed E-state index contributed by atoms with van der Waals surface area (Å²) in [4.78, 5) is 11.0. The quantitative estimate of drug-likeness (QED) is 0.823. The van der Waals surface area contributed by atoms with E-state index < -0.39 is 22.0 Å². The fourth-order valence-electron chi connectivity index (χ4n) is 1.61. The van der Waals surface area contributed by atoms with Crippen molar-refractivity contribution < 1.29 is 18.3 Å². The first-order valence-electron chi connectivity index (χ1n) is 6.07. The van der Waals surface area contributed by atoms with Crippen molar-refractivity contribution in [3.05, 3.63) is 29.8 Å². The van der Waals surface area contributed by atoms with Crippen molar-refractivity contribution in [2.24, 2.45) is 5.92 Å². The zero-order chi connectivity index (χ0) is 15.3. The maximum atomic E-state index is 12.2. The SMILES string of the molecule is CC[C@H](C)[C@H](NS(=O)(=O)c1cccc(C#N)c1)C(=O)O. The van der Waals surface area contributed by atoms with Crippen molar-refractivity contribution in [1.82, 2.24) is 4.72 Å². The van der Waals surface area contributed by atoms with Crippen LogP contribution in [0.25, 0.3) is 0 Å². The molecule has 0 saturated heterocycles. The molecule has 20 heavy (non-hydrogen) atoms. The Hall–Kier alpha value is -1.91. The Kier molecular flexibility index (Phi) is 5.25. The van der Waals surface area contributed by atoms with E-state index in [1.807, 2.05) is 6.07 Å². The lowest BCUT2D eigenvalue weighted by Crippen LogP contribution is -2.44. The Morgan fingerprint density at radius 2 is 2.15 bits per heavy atom. The van der Waals surface area contributed by atoms with Gasteiger partial charge in [-0.05, 0) is 24.1 Å². The van der Waals surface area contributed by atoms with Crippen LogP contribution in [0.4, 0.5) is 0 Å². The summed E-state index contributed by atoms with van der Waals surface area (Å²) in [5.74, 6) is -1.57. The van der Waals surface area contributed by atoms with Gasteiger partial charge in [-0.3, -0.25) is 4.79 Å². The topological polar surface area (TPSA) is 107 Å². The molecule has 1 aromatic rings. The van der Waals surface area contributed by atoms with Crippen LogP contribution in [0.5, 0.6) is 0 Å². The lowest BCUT2D eigenvalue weighted by molar-refractivity contribution is -0.140. The van der Waals surface area contributed by atoms with Crippen molar-refractivity contribution >= 4 is 16.0 Å². The molecule has 0 aliphatic carbocycles. The molecule has 0 bridgehead atoms. The molecule has 1 rings (SSSR count). The summed E-state index contributed by atoms with van der Waals surface area (Å²) in [5, 5.41) is 17.9. The molecule has 6 nitrogen and oxygen atoms in total. The number of hydrogen-bond acceptors (Lipinski definition) is 4. The standard InChI is InChI=1S/C13H16N2O4S/c1-3-9(2)12(13(16)17)15-20(18,19)11-6-4-5-10(7-11)8-14/h4-7,9,12,15H,3H2,1-2H3,(H,16,17)/t9-,12-/m0/s1. The molecule has 0 radical (unpaired) electrons. The Labute approximate surface area is 118 Å². The predicted octanol–water partition coefficient (Wildman–Crippen LogP) is 1.34. The van der Waals surface area contributed by atoms with E-state index in [4.69, 9.17) is 10.4 Å². The number of benzene rings is 1. The molecule has 0 aromatic heterocycles. The van der Waals surface area contributed by atoms with Gasteiger partial charge in [-0.15, -0.1) is 0 Å². The summed E-state index contributed by atoms with van der Waals surface area (Å²) in [6, 6.07) is 6.08. The van der Waals surface area contributed by atoms with Crippen LogP contribution < -0.4 is 4.72 Å². The fraction of sp³-hybridized carbons (Fsp3) is 0.385. The minimum absolute atomic E-state index is 0.119. The first kappa shape index (κ1) is 16.1. The summed E-state index contributed by atoms with van der Waals surface area (Å²) in [6.07, 6.45) is 0.526. The second-order valence-electron chi connectivity index (χ2n) is 4.46. The minimum atomic E-state index is -3.97. The molecule has 2 N–H and O–H groups in total. The van der Waals surface area contributed by atoms with Crippen molar-refractivity contribution in [2.75, 3.05) is 0 Å². The molecule has 0 heterocycles. The van der Waals surface area contributed by atoms with Gasteiger partial charge in [0.25, 0.3) is 0 Å². The Morgan fingerprint density at radius 1 is 1.50 bits per heavy atom. The van der Waals surface area contributed by atoms with Crippen molar-refractivity contribution in [1.29, 1.82) is 5.26 Å². The maximum absolute atomic E-state index is 12.2. The summed E-state index contributed by atoms with van der Waals surface area (Å²) in [5.41, 5.74) is 0.197. The highest BCUT2D eigenvalue weighted by atomic mass is 32.2. The third-order valence-electron chi connectivity index (χ3n) is 3.03. The van der Waals surface area contributed by atoms with Crippen LogP contribution >= 0.6 is 0 Å². The Bertz CT molecular complexity index is 634. The molecule has 0 aliphatic heterocycles. The van der Waals surface area contributed by atoms with Crippen LogP contribution in [-0.4, -0.2) is 25.5 Å². The molecule has 0 spiro atoms. The third kappa shape index (κ3) is 3.79. The van der Waals surface area contributed by atoms with Crippen molar-refractivity contribution in [2.45, 2.75) is 31.2 Å². The van der Waals surface area contributed by atoms with Gasteiger partial charge in [0, 0.05) is 0 Å². The monoisotopic (exact) mass is 296 g/mol. The summed E-state index contributed by atoms with van der Waals surface area (Å²) in [6.45, 7) is 3.44. The number of carboxylic acid groups (broad SMARTS) is 1. The molecule has 7 heteroatoms. The van der Waals surface area contributed by atoms with E-state index in [9.17, 15) is 13.2 Å². The molecule has 108 valence electrons. The molecule has 0 fully saturated rings. The van der Waals surface area contributed by atoms with E-state index in [0.29, 0.717) is 6.42 Å². The van der Waals surface area contributed by atoms with Crippen LogP contribution in [-0.2, 0) is 14.8 Å². The van der Waals surface area contributed by atoms with Gasteiger partial charge in [0.05, 0.1) is 16.5 Å². The van der Waals surface area contributed by atoms with Crippen LogP contribution in [0.1, 0.15) is 25.8 Å². The van der Waals surface area contributed by atoms with Gasteiger partial charge in [0.15, 0.2) is 0 Å². The normalized spacial score (nSPS) is 14.2. The summed E-state index contributed by atoms with van der Waals surface area (Å²) in [7, 11) is -3.97. The maximum Gasteiger partial charge on any atom is 0.322 e. The van der Waals surface area contributed by atoms with Gasteiger partial charge in [-0.1, -0.05) is 26.3 Å². The lowest BCUT2D eigenvalue weighted by atomic mass is 10.0. The van der Waals surface area contributed by atoms with Crippen LogP contribution in [0, 0.1) is 17.2 Å². The lowest BCUT2D eigenvalue weighted by Gasteiger charge is -2.20. The van der Waals surface area contributed by atoms with E-state index in [1.165, 1.54) is 24.3 Å². The van der Waals surface area contributed by atoms with Crippen molar-refractivity contribution in [3.63, 3.8) is 0 Å².